The molecular weight excluding hydrogens is 617 g/mol. The molecule has 0 fully saturated rings. The maximum atomic E-state index is 5.63. The van der Waals surface area contributed by atoms with Gasteiger partial charge in [-0.1, -0.05) is 165 Å². The molecule has 0 aromatic heterocycles. The summed E-state index contributed by atoms with van der Waals surface area (Å²) in [6, 6.07) is 20.0. The minimum absolute atomic E-state index is 0.0134. The smallest absolute Gasteiger partial charge is 0.109 e. The van der Waals surface area contributed by atoms with Gasteiger partial charge in [-0.25, -0.2) is 0 Å². The van der Waals surface area contributed by atoms with E-state index in [-0.39, 0.29) is 17.4 Å². The van der Waals surface area contributed by atoms with Crippen LogP contribution >= 0.6 is 0 Å². The van der Waals surface area contributed by atoms with E-state index in [1.807, 2.05) is 0 Å². The van der Waals surface area contributed by atoms with Gasteiger partial charge in [-0.05, 0) is 83.1 Å². The Hall–Kier alpha value is -4.95. The average Bonchev–Trinajstić information content (AvgIpc) is 3.44. The van der Waals surface area contributed by atoms with Crippen molar-refractivity contribution in [2.75, 3.05) is 0 Å². The molecule has 254 valence electrons. The van der Waals surface area contributed by atoms with Crippen LogP contribution in [-0.2, 0) is 5.41 Å². The van der Waals surface area contributed by atoms with E-state index in [0.717, 1.165) is 44.4 Å². The Bertz CT molecular complexity index is 2110. The molecule has 0 amide bonds. The Morgan fingerprint density at radius 1 is 0.745 bits per heavy atom. The van der Waals surface area contributed by atoms with Crippen molar-refractivity contribution in [3.8, 4) is 0 Å². The molecule has 2 aromatic carbocycles. The quantitative estimate of drug-likeness (QED) is 0.327. The van der Waals surface area contributed by atoms with Gasteiger partial charge in [0.05, 0.1) is 0 Å². The fourth-order valence-electron chi connectivity index (χ4n) is 9.46. The van der Waals surface area contributed by atoms with Crippen molar-refractivity contribution in [2.45, 2.75) is 63.8 Å². The number of hydrogen-bond acceptors (Lipinski definition) is 2. The van der Waals surface area contributed by atoms with Gasteiger partial charge in [-0.15, -0.1) is 0 Å². The lowest BCUT2D eigenvalue weighted by Gasteiger charge is -2.36. The van der Waals surface area contributed by atoms with E-state index in [2.05, 4.69) is 165 Å². The van der Waals surface area contributed by atoms with Crippen LogP contribution in [0, 0.1) is 23.7 Å². The molecule has 2 heteroatoms. The molecule has 5 atom stereocenters. The van der Waals surface area contributed by atoms with Crippen molar-refractivity contribution in [2.24, 2.45) is 28.7 Å². The van der Waals surface area contributed by atoms with E-state index in [1.165, 1.54) is 55.8 Å². The number of amidine groups is 1. The fourth-order valence-corrected chi connectivity index (χ4v) is 9.46. The van der Waals surface area contributed by atoms with Crippen LogP contribution in [0.2, 0.25) is 0 Å². The van der Waals surface area contributed by atoms with Crippen molar-refractivity contribution in [3.63, 3.8) is 0 Å². The van der Waals surface area contributed by atoms with Gasteiger partial charge in [0.25, 0.3) is 0 Å². The summed E-state index contributed by atoms with van der Waals surface area (Å²) < 4.78 is 0. The minimum atomic E-state index is -0.0134. The van der Waals surface area contributed by atoms with Gasteiger partial charge in [0.1, 0.15) is 11.9 Å². The van der Waals surface area contributed by atoms with E-state index in [0.29, 0.717) is 17.8 Å². The van der Waals surface area contributed by atoms with Crippen LogP contribution in [0.3, 0.4) is 0 Å². The van der Waals surface area contributed by atoms with E-state index in [9.17, 15) is 0 Å². The lowest BCUT2D eigenvalue weighted by atomic mass is 9.74. The number of fused-ring (bicyclic) bond motifs is 3. The second kappa shape index (κ2) is 13.3. The highest BCUT2D eigenvalue weighted by molar-refractivity contribution is 5.91. The summed E-state index contributed by atoms with van der Waals surface area (Å²) in [4.78, 5) is 5.63. The molecule has 1 heterocycles. The number of allylic oxidation sites excluding steroid dienone is 19. The molecule has 1 N–H and O–H groups in total. The molecule has 2 nitrogen and oxygen atoms in total. The molecular formula is C49H48N2. The van der Waals surface area contributed by atoms with Gasteiger partial charge in [0, 0.05) is 34.8 Å². The second-order valence-corrected chi connectivity index (χ2v) is 15.7. The molecule has 6 aliphatic carbocycles. The van der Waals surface area contributed by atoms with Crippen LogP contribution in [0.25, 0.3) is 5.57 Å². The average molecular weight is 665 g/mol. The molecule has 7 aliphatic rings. The van der Waals surface area contributed by atoms with Crippen molar-refractivity contribution >= 4 is 11.4 Å². The van der Waals surface area contributed by atoms with Crippen LogP contribution in [0.15, 0.2) is 184 Å². The van der Waals surface area contributed by atoms with E-state index in [1.54, 1.807) is 0 Å². The summed E-state index contributed by atoms with van der Waals surface area (Å²) in [5, 5.41) is 4.01. The number of benzene rings is 2. The van der Waals surface area contributed by atoms with E-state index < -0.39 is 0 Å². The summed E-state index contributed by atoms with van der Waals surface area (Å²) in [5.41, 5.74) is 14.2. The minimum Gasteiger partial charge on any atom is -0.343 e. The van der Waals surface area contributed by atoms with Crippen LogP contribution in [0.5, 0.6) is 0 Å². The van der Waals surface area contributed by atoms with Gasteiger partial charge in [0.15, 0.2) is 0 Å². The number of hydrogen-bond donors (Lipinski definition) is 1. The van der Waals surface area contributed by atoms with Gasteiger partial charge in [-0.3, -0.25) is 4.99 Å². The highest BCUT2D eigenvalue weighted by Crippen LogP contribution is 2.53. The van der Waals surface area contributed by atoms with Crippen LogP contribution in [-0.4, -0.2) is 5.84 Å². The van der Waals surface area contributed by atoms with Gasteiger partial charge in [-0.2, -0.15) is 0 Å². The molecule has 1 aliphatic heterocycles. The Balaban J connectivity index is 1.00. The summed E-state index contributed by atoms with van der Waals surface area (Å²) in [5.74, 6) is 2.44. The third-order valence-corrected chi connectivity index (χ3v) is 12.2. The second-order valence-electron chi connectivity index (χ2n) is 15.7. The van der Waals surface area contributed by atoms with Gasteiger partial charge >= 0.3 is 0 Å². The highest BCUT2D eigenvalue weighted by Gasteiger charge is 2.40. The largest absolute Gasteiger partial charge is 0.343 e. The van der Waals surface area contributed by atoms with Crippen LogP contribution < -0.4 is 5.32 Å². The molecule has 51 heavy (non-hydrogen) atoms. The first-order valence-corrected chi connectivity index (χ1v) is 19.2. The zero-order valence-corrected chi connectivity index (χ0v) is 29.9. The molecule has 5 unspecified atom stereocenters. The summed E-state index contributed by atoms with van der Waals surface area (Å²) >= 11 is 0. The van der Waals surface area contributed by atoms with Crippen molar-refractivity contribution < 1.29 is 0 Å². The first-order chi connectivity index (χ1) is 25.0. The van der Waals surface area contributed by atoms with Gasteiger partial charge < -0.3 is 5.32 Å². The predicted octanol–water partition coefficient (Wildman–Crippen LogP) is 11.7. The Kier molecular flexibility index (Phi) is 8.35. The molecule has 0 spiro atoms. The fraction of sp³-hybridized carbons (Fsp3) is 0.286. The number of rotatable bonds is 6. The number of aliphatic imine (C=N–C) groups is 1. The third-order valence-electron chi connectivity index (χ3n) is 12.2. The monoisotopic (exact) mass is 664 g/mol. The number of nitrogens with one attached hydrogen (secondary N) is 1. The Labute approximate surface area is 304 Å². The number of nitrogens with zero attached hydrogens (tertiary/aromatic N) is 1. The standard InChI is InChI=1S/C49H48N2/c1-49(2)43-27-13-12-26-41(43)42-29-28-39(32-44(42)49)37-23-14-22-36(30-37)38-24-15-25-40(31-38)48-50-46(34-18-8-4-9-19-34)45(33-16-6-3-7-17-33)47(51-48)35-20-10-5-11-21-35/h3-10,12-16,18-20,23-27,29-30,32-33,36,39-40,46H,11,17,21-22,28,31H2,1-2H3,(H,50,51). The van der Waals surface area contributed by atoms with Crippen molar-refractivity contribution in [1.29, 1.82) is 0 Å². The third kappa shape index (κ3) is 5.89. The highest BCUT2D eigenvalue weighted by atomic mass is 15.1. The van der Waals surface area contributed by atoms with Crippen LogP contribution in [0.4, 0.5) is 0 Å². The normalized spacial score (nSPS) is 28.9. The molecule has 0 saturated carbocycles. The summed E-state index contributed by atoms with van der Waals surface area (Å²) in [6.45, 7) is 4.79. The predicted molar refractivity (Wildman–Crippen MR) is 214 cm³/mol. The first kappa shape index (κ1) is 32.0. The molecule has 0 bridgehead atoms. The van der Waals surface area contributed by atoms with Crippen molar-refractivity contribution in [1.82, 2.24) is 5.32 Å². The lowest BCUT2D eigenvalue weighted by molar-refractivity contribution is 0.611. The van der Waals surface area contributed by atoms with Crippen LogP contribution in [0.1, 0.15) is 75.1 Å². The summed E-state index contributed by atoms with van der Waals surface area (Å²) in [6.07, 6.45) is 41.7. The first-order valence-electron chi connectivity index (χ1n) is 19.2. The maximum Gasteiger partial charge on any atom is 0.109 e. The van der Waals surface area contributed by atoms with Crippen molar-refractivity contribution in [3.05, 3.63) is 196 Å². The molecule has 0 saturated heterocycles. The maximum absolute atomic E-state index is 5.63. The summed E-state index contributed by atoms with van der Waals surface area (Å²) in [7, 11) is 0. The lowest BCUT2D eigenvalue weighted by Crippen LogP contribution is -2.38. The zero-order chi connectivity index (χ0) is 34.4. The molecule has 9 rings (SSSR count). The Morgan fingerprint density at radius 3 is 2.43 bits per heavy atom. The Morgan fingerprint density at radius 2 is 1.59 bits per heavy atom. The topological polar surface area (TPSA) is 24.4 Å². The van der Waals surface area contributed by atoms with Gasteiger partial charge in [0.2, 0.25) is 0 Å². The SMILES string of the molecule is CC1(C)C2=CC(C3=CC(C4=CC=CC(C5=NC(c6ccccc6)C(C6C=CC=CC6)=C(C6=CC=CCC6)N5)C4)CC=C3)CC=C2c2ccccc21. The zero-order valence-electron chi connectivity index (χ0n) is 29.9. The van der Waals surface area contributed by atoms with E-state index in [4.69, 9.17) is 4.99 Å². The molecule has 2 aromatic rings. The van der Waals surface area contributed by atoms with E-state index >= 15 is 0 Å². The molecule has 0 radical (unpaired) electrons.